The Kier molecular flexibility index (Phi) is 4.99. The molecule has 0 fully saturated rings. The number of aromatic nitrogens is 4. The van der Waals surface area contributed by atoms with Crippen LogP contribution in [0.5, 0.6) is 5.75 Å². The topological polar surface area (TPSA) is 86.0 Å². The summed E-state index contributed by atoms with van der Waals surface area (Å²) < 4.78 is 11.4. The summed E-state index contributed by atoms with van der Waals surface area (Å²) in [5.41, 5.74) is 4.65. The van der Waals surface area contributed by atoms with Gasteiger partial charge in [-0.3, -0.25) is 0 Å². The van der Waals surface area contributed by atoms with Crippen LogP contribution >= 0.6 is 0 Å². The van der Waals surface area contributed by atoms with Crippen molar-refractivity contribution >= 4 is 22.4 Å². The summed E-state index contributed by atoms with van der Waals surface area (Å²) in [7, 11) is 1.64. The van der Waals surface area contributed by atoms with Gasteiger partial charge < -0.3 is 14.5 Å². The van der Waals surface area contributed by atoms with Crippen molar-refractivity contribution in [3.63, 3.8) is 0 Å². The van der Waals surface area contributed by atoms with Crippen LogP contribution in [0.1, 0.15) is 11.1 Å². The molecule has 0 atom stereocenters. The summed E-state index contributed by atoms with van der Waals surface area (Å²) in [4.78, 5) is 9.38. The predicted octanol–water partition coefficient (Wildman–Crippen LogP) is 5.72. The Morgan fingerprint density at radius 3 is 2.47 bits per heavy atom. The largest absolute Gasteiger partial charge is 0.495 e. The summed E-state index contributed by atoms with van der Waals surface area (Å²) in [6.07, 6.45) is 0. The fraction of sp³-hybridized carbons (Fsp3) is 0.120. The lowest BCUT2D eigenvalue weighted by molar-refractivity contribution is 0.416. The van der Waals surface area contributed by atoms with Crippen molar-refractivity contribution in [1.29, 1.82) is 0 Å². The minimum absolute atomic E-state index is 0.256. The number of fused-ring (bicyclic) bond motifs is 1. The highest BCUT2D eigenvalue weighted by atomic mass is 16.5. The third kappa shape index (κ3) is 3.76. The molecule has 3 aromatic carbocycles. The Morgan fingerprint density at radius 2 is 1.62 bits per heavy atom. The molecular formula is C25H21N5O2. The summed E-state index contributed by atoms with van der Waals surface area (Å²) in [5, 5.41) is 12.7. The molecule has 7 heteroatoms. The van der Waals surface area contributed by atoms with E-state index in [-0.39, 0.29) is 5.89 Å². The predicted molar refractivity (Wildman–Crippen MR) is 124 cm³/mol. The van der Waals surface area contributed by atoms with E-state index in [0.717, 1.165) is 39.0 Å². The molecule has 0 aliphatic heterocycles. The number of nitrogens with one attached hydrogen (secondary N) is 1. The summed E-state index contributed by atoms with van der Waals surface area (Å²) >= 11 is 0. The van der Waals surface area contributed by atoms with Gasteiger partial charge in [-0.05, 0) is 55.8 Å². The normalized spacial score (nSPS) is 11.0. The second kappa shape index (κ2) is 8.11. The molecule has 2 aromatic heterocycles. The Balaban J connectivity index is 1.60. The zero-order valence-electron chi connectivity index (χ0n) is 18.0. The fourth-order valence-corrected chi connectivity index (χ4v) is 3.52. The van der Waals surface area contributed by atoms with Gasteiger partial charge in [0.05, 0.1) is 18.3 Å². The van der Waals surface area contributed by atoms with E-state index in [4.69, 9.17) is 14.1 Å². The van der Waals surface area contributed by atoms with Crippen LogP contribution in [-0.2, 0) is 0 Å². The molecule has 5 rings (SSSR count). The average molecular weight is 423 g/mol. The van der Waals surface area contributed by atoms with Gasteiger partial charge in [0.2, 0.25) is 11.7 Å². The number of methoxy groups -OCH3 is 1. The van der Waals surface area contributed by atoms with Crippen LogP contribution in [0.4, 0.5) is 11.5 Å². The highest BCUT2D eigenvalue weighted by Gasteiger charge is 2.17. The SMILES string of the molecule is COc1ccc(C)cc1Nc1nc(-c2nnc(-c3cccc(C)c3)o2)nc2ccccc12. The van der Waals surface area contributed by atoms with E-state index < -0.39 is 0 Å². The molecule has 7 nitrogen and oxygen atoms in total. The van der Waals surface area contributed by atoms with Gasteiger partial charge in [-0.25, -0.2) is 9.97 Å². The zero-order chi connectivity index (χ0) is 22.1. The number of hydrogen-bond acceptors (Lipinski definition) is 7. The number of anilines is 2. The van der Waals surface area contributed by atoms with E-state index in [9.17, 15) is 0 Å². The second-order valence-electron chi connectivity index (χ2n) is 7.52. The van der Waals surface area contributed by atoms with Gasteiger partial charge in [0.25, 0.3) is 5.89 Å². The molecule has 1 N–H and O–H groups in total. The van der Waals surface area contributed by atoms with Gasteiger partial charge in [0.15, 0.2) is 0 Å². The van der Waals surface area contributed by atoms with Crippen molar-refractivity contribution in [3.05, 3.63) is 77.9 Å². The molecule has 0 aliphatic rings. The lowest BCUT2D eigenvalue weighted by Crippen LogP contribution is -2.01. The van der Waals surface area contributed by atoms with Crippen LogP contribution in [-0.4, -0.2) is 27.3 Å². The van der Waals surface area contributed by atoms with Gasteiger partial charge in [0.1, 0.15) is 11.6 Å². The van der Waals surface area contributed by atoms with E-state index in [1.807, 2.05) is 80.6 Å². The second-order valence-corrected chi connectivity index (χ2v) is 7.52. The van der Waals surface area contributed by atoms with Crippen LogP contribution in [0.2, 0.25) is 0 Å². The van der Waals surface area contributed by atoms with E-state index in [0.29, 0.717) is 17.5 Å². The zero-order valence-corrected chi connectivity index (χ0v) is 18.0. The number of para-hydroxylation sites is 1. The van der Waals surface area contributed by atoms with Crippen LogP contribution in [0.25, 0.3) is 34.1 Å². The number of ether oxygens (including phenoxy) is 1. The third-order valence-electron chi connectivity index (χ3n) is 5.09. The molecule has 0 bridgehead atoms. The van der Waals surface area contributed by atoms with E-state index in [1.54, 1.807) is 7.11 Å². The number of rotatable bonds is 5. The first-order valence-electron chi connectivity index (χ1n) is 10.2. The Bertz CT molecular complexity index is 1430. The maximum Gasteiger partial charge on any atom is 0.286 e. The minimum Gasteiger partial charge on any atom is -0.495 e. The first kappa shape index (κ1) is 19.7. The summed E-state index contributed by atoms with van der Waals surface area (Å²) in [5.74, 6) is 2.38. The molecule has 32 heavy (non-hydrogen) atoms. The number of aryl methyl sites for hydroxylation is 2. The number of benzene rings is 3. The first-order chi connectivity index (χ1) is 15.6. The molecule has 5 aromatic rings. The van der Waals surface area contributed by atoms with Crippen molar-refractivity contribution in [2.45, 2.75) is 13.8 Å². The lowest BCUT2D eigenvalue weighted by Gasteiger charge is -2.13. The highest BCUT2D eigenvalue weighted by Crippen LogP contribution is 2.32. The van der Waals surface area contributed by atoms with Crippen LogP contribution in [0, 0.1) is 13.8 Å². The maximum absolute atomic E-state index is 5.93. The molecule has 0 saturated carbocycles. The van der Waals surface area contributed by atoms with E-state index >= 15 is 0 Å². The molecule has 0 aliphatic carbocycles. The molecule has 0 saturated heterocycles. The Morgan fingerprint density at radius 1 is 0.812 bits per heavy atom. The van der Waals surface area contributed by atoms with Crippen molar-refractivity contribution in [2.75, 3.05) is 12.4 Å². The average Bonchev–Trinajstić information content (AvgIpc) is 3.30. The van der Waals surface area contributed by atoms with Gasteiger partial charge >= 0.3 is 0 Å². The van der Waals surface area contributed by atoms with Crippen molar-refractivity contribution in [3.8, 4) is 28.9 Å². The van der Waals surface area contributed by atoms with E-state index in [1.165, 1.54) is 0 Å². The standard InChI is InChI=1S/C25H21N5O2/c1-15-7-6-8-17(13-15)24-29-30-25(32-24)23-26-19-10-5-4-9-18(19)22(28-23)27-20-14-16(2)11-12-21(20)31-3/h4-14H,1-3H3,(H,26,27,28). The quantitative estimate of drug-likeness (QED) is 0.387. The molecule has 0 unspecified atom stereocenters. The van der Waals surface area contributed by atoms with E-state index in [2.05, 4.69) is 20.5 Å². The first-order valence-corrected chi connectivity index (χ1v) is 10.2. The summed E-state index contributed by atoms with van der Waals surface area (Å²) in [6, 6.07) is 21.6. The Labute approximate surface area is 185 Å². The highest BCUT2D eigenvalue weighted by molar-refractivity contribution is 5.92. The molecule has 158 valence electrons. The van der Waals surface area contributed by atoms with Gasteiger partial charge in [0, 0.05) is 10.9 Å². The molecule has 2 heterocycles. The number of hydrogen-bond donors (Lipinski definition) is 1. The van der Waals surface area contributed by atoms with Crippen LogP contribution in [0.15, 0.2) is 71.1 Å². The van der Waals surface area contributed by atoms with Crippen LogP contribution < -0.4 is 10.1 Å². The molecule has 0 amide bonds. The van der Waals surface area contributed by atoms with Crippen molar-refractivity contribution in [1.82, 2.24) is 20.2 Å². The molecule has 0 spiro atoms. The van der Waals surface area contributed by atoms with Gasteiger partial charge in [-0.15, -0.1) is 10.2 Å². The van der Waals surface area contributed by atoms with Crippen LogP contribution in [0.3, 0.4) is 0 Å². The smallest absolute Gasteiger partial charge is 0.286 e. The van der Waals surface area contributed by atoms with Gasteiger partial charge in [-0.2, -0.15) is 0 Å². The minimum atomic E-state index is 0.256. The number of nitrogens with zero attached hydrogens (tertiary/aromatic N) is 4. The lowest BCUT2D eigenvalue weighted by atomic mass is 10.1. The fourth-order valence-electron chi connectivity index (χ4n) is 3.52. The van der Waals surface area contributed by atoms with Gasteiger partial charge in [-0.1, -0.05) is 35.9 Å². The molecule has 0 radical (unpaired) electrons. The monoisotopic (exact) mass is 423 g/mol. The van der Waals surface area contributed by atoms with Crippen molar-refractivity contribution in [2.24, 2.45) is 0 Å². The molecular weight excluding hydrogens is 402 g/mol. The third-order valence-corrected chi connectivity index (χ3v) is 5.09. The maximum atomic E-state index is 5.93. The Hall–Kier alpha value is -4.26. The summed E-state index contributed by atoms with van der Waals surface area (Å²) in [6.45, 7) is 4.05. The van der Waals surface area contributed by atoms with Crippen molar-refractivity contribution < 1.29 is 9.15 Å².